The number of nitriles is 4. The summed E-state index contributed by atoms with van der Waals surface area (Å²) in [7, 11) is 1.48. The number of rotatable bonds is 3. The second-order valence-electron chi connectivity index (χ2n) is 4.59. The van der Waals surface area contributed by atoms with Gasteiger partial charge in [0.2, 0.25) is 0 Å². The molecule has 0 aliphatic heterocycles. The van der Waals surface area contributed by atoms with Crippen molar-refractivity contribution >= 4 is 5.78 Å². The Morgan fingerprint density at radius 2 is 1.43 bits per heavy atom. The van der Waals surface area contributed by atoms with E-state index in [0.717, 1.165) is 0 Å². The van der Waals surface area contributed by atoms with Crippen molar-refractivity contribution in [3.8, 4) is 30.0 Å². The third-order valence-corrected chi connectivity index (χ3v) is 3.75. The molecule has 0 unspecified atom stereocenters. The maximum absolute atomic E-state index is 12.4. The van der Waals surface area contributed by atoms with E-state index in [9.17, 15) is 4.79 Å². The molecule has 1 aliphatic rings. The van der Waals surface area contributed by atoms with E-state index in [4.69, 9.17) is 25.8 Å². The number of ketones is 1. The molecule has 2 rings (SSSR count). The first kappa shape index (κ1) is 14.1. The van der Waals surface area contributed by atoms with Crippen molar-refractivity contribution in [1.82, 2.24) is 0 Å². The SMILES string of the molecule is COc1ccc(C(=O)C2C(C#N)(C#N)C2(C#N)C#N)cc1. The van der Waals surface area contributed by atoms with Crippen molar-refractivity contribution in [2.24, 2.45) is 16.7 Å². The molecular formula is C15H8N4O2. The maximum atomic E-state index is 12.4. The first-order valence-corrected chi connectivity index (χ1v) is 5.90. The van der Waals surface area contributed by atoms with Gasteiger partial charge < -0.3 is 4.74 Å². The number of methoxy groups -OCH3 is 1. The monoisotopic (exact) mass is 276 g/mol. The summed E-state index contributed by atoms with van der Waals surface area (Å²) in [6, 6.07) is 12.7. The first-order valence-electron chi connectivity index (χ1n) is 5.90. The number of Topliss-reactive ketones (excluding diaryl/α,β-unsaturated/α-hetero) is 1. The van der Waals surface area contributed by atoms with Gasteiger partial charge in [0.1, 0.15) is 5.75 Å². The lowest BCUT2D eigenvalue weighted by Gasteiger charge is -2.02. The van der Waals surface area contributed by atoms with E-state index in [1.165, 1.54) is 19.2 Å². The van der Waals surface area contributed by atoms with Crippen molar-refractivity contribution in [1.29, 1.82) is 21.0 Å². The second-order valence-corrected chi connectivity index (χ2v) is 4.59. The van der Waals surface area contributed by atoms with Crippen LogP contribution in [0.4, 0.5) is 0 Å². The molecular weight excluding hydrogens is 268 g/mol. The van der Waals surface area contributed by atoms with Gasteiger partial charge in [0.15, 0.2) is 16.6 Å². The van der Waals surface area contributed by atoms with Crippen molar-refractivity contribution in [2.75, 3.05) is 7.11 Å². The van der Waals surface area contributed by atoms with Crippen LogP contribution >= 0.6 is 0 Å². The molecule has 6 nitrogen and oxygen atoms in total. The molecule has 0 bridgehead atoms. The Hall–Kier alpha value is -3.35. The molecule has 1 aromatic carbocycles. The average Bonchev–Trinajstić information content (AvgIpc) is 3.17. The minimum atomic E-state index is -1.91. The quantitative estimate of drug-likeness (QED) is 0.772. The van der Waals surface area contributed by atoms with Crippen LogP contribution in [0.5, 0.6) is 5.75 Å². The average molecular weight is 276 g/mol. The smallest absolute Gasteiger partial charge is 0.188 e. The maximum Gasteiger partial charge on any atom is 0.188 e. The second kappa shape index (κ2) is 4.64. The fourth-order valence-corrected chi connectivity index (χ4v) is 2.45. The van der Waals surface area contributed by atoms with Crippen LogP contribution in [0.2, 0.25) is 0 Å². The van der Waals surface area contributed by atoms with E-state index < -0.39 is 22.5 Å². The Balaban J connectivity index is 2.45. The van der Waals surface area contributed by atoms with Crippen LogP contribution in [-0.4, -0.2) is 12.9 Å². The number of carbonyl (C=O) groups excluding carboxylic acids is 1. The molecule has 0 N–H and O–H groups in total. The molecule has 0 radical (unpaired) electrons. The standard InChI is InChI=1S/C15H8N4O2/c1-21-11-4-2-10(3-5-11)12(20)13-14(6-16,7-17)15(13,8-18)9-19/h2-5,13H,1H3. The summed E-state index contributed by atoms with van der Waals surface area (Å²) in [4.78, 5) is 12.4. The van der Waals surface area contributed by atoms with E-state index in [1.807, 2.05) is 0 Å². The highest BCUT2D eigenvalue weighted by atomic mass is 16.5. The highest BCUT2D eigenvalue weighted by molar-refractivity contribution is 6.03. The van der Waals surface area contributed by atoms with Crippen LogP contribution in [0.1, 0.15) is 10.4 Å². The molecule has 100 valence electrons. The molecule has 0 amide bonds. The predicted molar refractivity (Wildman–Crippen MR) is 68.1 cm³/mol. The van der Waals surface area contributed by atoms with Crippen LogP contribution < -0.4 is 4.74 Å². The summed E-state index contributed by atoms with van der Waals surface area (Å²) in [6.45, 7) is 0. The van der Waals surface area contributed by atoms with Crippen LogP contribution in [-0.2, 0) is 0 Å². The lowest BCUT2D eigenvalue weighted by Crippen LogP contribution is -2.08. The Morgan fingerprint density at radius 1 is 1.00 bits per heavy atom. The topological polar surface area (TPSA) is 121 Å². The summed E-state index contributed by atoms with van der Waals surface area (Å²) in [6.07, 6.45) is 0. The third-order valence-electron chi connectivity index (χ3n) is 3.75. The van der Waals surface area contributed by atoms with E-state index >= 15 is 0 Å². The molecule has 1 saturated carbocycles. The van der Waals surface area contributed by atoms with Gasteiger partial charge in [0.25, 0.3) is 0 Å². The van der Waals surface area contributed by atoms with Crippen molar-refractivity contribution < 1.29 is 9.53 Å². The fraction of sp³-hybridized carbons (Fsp3) is 0.267. The zero-order valence-corrected chi connectivity index (χ0v) is 11.0. The Kier molecular flexibility index (Phi) is 3.11. The molecule has 21 heavy (non-hydrogen) atoms. The Bertz CT molecular complexity index is 702. The molecule has 0 saturated heterocycles. The number of ether oxygens (including phenoxy) is 1. The van der Waals surface area contributed by atoms with Crippen molar-refractivity contribution in [2.45, 2.75) is 0 Å². The van der Waals surface area contributed by atoms with Crippen molar-refractivity contribution in [3.63, 3.8) is 0 Å². The molecule has 0 spiro atoms. The summed E-state index contributed by atoms with van der Waals surface area (Å²) in [5, 5.41) is 36.6. The summed E-state index contributed by atoms with van der Waals surface area (Å²) in [5.74, 6) is -1.28. The van der Waals surface area contributed by atoms with E-state index in [-0.39, 0.29) is 5.56 Å². The molecule has 6 heteroatoms. The van der Waals surface area contributed by atoms with E-state index in [0.29, 0.717) is 5.75 Å². The minimum Gasteiger partial charge on any atom is -0.497 e. The van der Waals surface area contributed by atoms with Crippen LogP contribution in [0.3, 0.4) is 0 Å². The normalized spacial score (nSPS) is 17.4. The van der Waals surface area contributed by atoms with Gasteiger partial charge in [-0.05, 0) is 24.3 Å². The van der Waals surface area contributed by atoms with E-state index in [2.05, 4.69) is 0 Å². The summed E-state index contributed by atoms with van der Waals surface area (Å²) < 4.78 is 4.97. The molecule has 0 aromatic heterocycles. The third kappa shape index (κ3) is 1.57. The van der Waals surface area contributed by atoms with Gasteiger partial charge in [-0.1, -0.05) is 0 Å². The van der Waals surface area contributed by atoms with Crippen LogP contribution in [0.25, 0.3) is 0 Å². The lowest BCUT2D eigenvalue weighted by molar-refractivity contribution is 0.0954. The minimum absolute atomic E-state index is 0.225. The number of benzene rings is 1. The van der Waals surface area contributed by atoms with E-state index in [1.54, 1.807) is 36.4 Å². The van der Waals surface area contributed by atoms with Gasteiger partial charge in [0, 0.05) is 5.56 Å². The highest BCUT2D eigenvalue weighted by Crippen LogP contribution is 2.68. The van der Waals surface area contributed by atoms with Gasteiger partial charge in [-0.3, -0.25) is 4.79 Å². The Morgan fingerprint density at radius 3 is 1.76 bits per heavy atom. The zero-order chi connectivity index (χ0) is 15.7. The fourth-order valence-electron chi connectivity index (χ4n) is 2.45. The largest absolute Gasteiger partial charge is 0.497 e. The zero-order valence-electron chi connectivity index (χ0n) is 11.0. The van der Waals surface area contributed by atoms with Gasteiger partial charge >= 0.3 is 0 Å². The molecule has 0 atom stereocenters. The molecule has 1 fully saturated rings. The molecule has 1 aromatic rings. The summed E-state index contributed by atoms with van der Waals surface area (Å²) in [5.41, 5.74) is -3.59. The molecule has 1 aliphatic carbocycles. The molecule has 0 heterocycles. The van der Waals surface area contributed by atoms with Crippen LogP contribution in [0, 0.1) is 62.1 Å². The van der Waals surface area contributed by atoms with Crippen LogP contribution in [0.15, 0.2) is 24.3 Å². The number of carbonyl (C=O) groups is 1. The number of hydrogen-bond acceptors (Lipinski definition) is 6. The summed E-state index contributed by atoms with van der Waals surface area (Å²) >= 11 is 0. The van der Waals surface area contributed by atoms with Gasteiger partial charge in [-0.2, -0.15) is 21.0 Å². The first-order chi connectivity index (χ1) is 10.1. The van der Waals surface area contributed by atoms with Crippen molar-refractivity contribution in [3.05, 3.63) is 29.8 Å². The lowest BCUT2D eigenvalue weighted by atomic mass is 9.98. The Labute approximate surface area is 121 Å². The van der Waals surface area contributed by atoms with Gasteiger partial charge in [0.05, 0.1) is 37.3 Å². The van der Waals surface area contributed by atoms with Gasteiger partial charge in [-0.15, -0.1) is 0 Å². The van der Waals surface area contributed by atoms with Gasteiger partial charge in [-0.25, -0.2) is 0 Å². The predicted octanol–water partition coefficient (Wildman–Crippen LogP) is 1.57. The number of hydrogen-bond donors (Lipinski definition) is 0. The highest BCUT2D eigenvalue weighted by Gasteiger charge is 2.84. The number of nitrogens with zero attached hydrogens (tertiary/aromatic N) is 4.